The minimum Gasteiger partial charge on any atom is -0.304 e. The quantitative estimate of drug-likeness (QED) is 0.422. The highest BCUT2D eigenvalue weighted by Crippen LogP contribution is 2.32. The highest BCUT2D eigenvalue weighted by Gasteiger charge is 2.21. The Balaban J connectivity index is 1.51. The molecule has 3 heterocycles. The first-order chi connectivity index (χ1) is 16.1. The topological polar surface area (TPSA) is 48.1 Å². The number of likely N-dealkylation sites (N-methyl/N-ethyl adjacent to an activating group) is 1. The van der Waals surface area contributed by atoms with Crippen LogP contribution in [0.5, 0.6) is 0 Å². The second-order valence-electron chi connectivity index (χ2n) is 8.31. The largest absolute Gasteiger partial charge is 0.304 e. The van der Waals surface area contributed by atoms with E-state index in [1.807, 2.05) is 59.4 Å². The number of aromatic nitrogens is 2. The van der Waals surface area contributed by atoms with E-state index >= 15 is 0 Å². The molecular weight excluding hydrogens is 433 g/mol. The summed E-state index contributed by atoms with van der Waals surface area (Å²) in [6.07, 6.45) is 1.87. The summed E-state index contributed by atoms with van der Waals surface area (Å²) < 4.78 is 16.7. The second-order valence-corrected chi connectivity index (χ2v) is 9.40. The van der Waals surface area contributed by atoms with Gasteiger partial charge < -0.3 is 4.90 Å². The van der Waals surface area contributed by atoms with Crippen LogP contribution in [0.4, 0.5) is 4.39 Å². The molecule has 7 heteroatoms. The summed E-state index contributed by atoms with van der Waals surface area (Å²) >= 11 is 1.47. The fourth-order valence-electron chi connectivity index (χ4n) is 4.20. The molecule has 5 nitrogen and oxygen atoms in total. The molecule has 5 rings (SSSR count). The number of benzene rings is 2. The third-order valence-corrected chi connectivity index (χ3v) is 7.12. The first-order valence-electron chi connectivity index (χ1n) is 11.0. The van der Waals surface area contributed by atoms with Gasteiger partial charge in [0, 0.05) is 48.7 Å². The van der Waals surface area contributed by atoms with Crippen molar-refractivity contribution in [2.45, 2.75) is 6.54 Å². The first-order valence-corrected chi connectivity index (χ1v) is 11.8. The lowest BCUT2D eigenvalue weighted by Gasteiger charge is -2.32. The van der Waals surface area contributed by atoms with E-state index in [2.05, 4.69) is 28.0 Å². The molecule has 1 fully saturated rings. The van der Waals surface area contributed by atoms with E-state index in [9.17, 15) is 4.39 Å². The van der Waals surface area contributed by atoms with Crippen LogP contribution in [0.15, 0.2) is 66.9 Å². The number of rotatable bonds is 5. The number of nitrogens with zero attached hydrogens (tertiary/aromatic N) is 5. The summed E-state index contributed by atoms with van der Waals surface area (Å²) in [5.74, 6) is -0.252. The van der Waals surface area contributed by atoms with Crippen molar-refractivity contribution >= 4 is 11.3 Å². The van der Waals surface area contributed by atoms with Crippen LogP contribution in [0.1, 0.15) is 10.4 Å². The van der Waals surface area contributed by atoms with Crippen molar-refractivity contribution in [3.63, 3.8) is 0 Å². The zero-order chi connectivity index (χ0) is 22.8. The van der Waals surface area contributed by atoms with Crippen molar-refractivity contribution in [3.8, 4) is 33.5 Å². The fourth-order valence-corrected chi connectivity index (χ4v) is 5.01. The fraction of sp³-hybridized carbons (Fsp3) is 0.231. The lowest BCUT2D eigenvalue weighted by molar-refractivity contribution is 0.148. The van der Waals surface area contributed by atoms with Crippen LogP contribution in [0, 0.1) is 17.1 Å². The number of halogens is 1. The Labute approximate surface area is 196 Å². The van der Waals surface area contributed by atoms with E-state index in [1.165, 1.54) is 17.4 Å². The molecule has 0 amide bonds. The van der Waals surface area contributed by atoms with Crippen LogP contribution in [-0.2, 0) is 6.54 Å². The van der Waals surface area contributed by atoms with Gasteiger partial charge in [-0.15, -0.1) is 11.3 Å². The van der Waals surface area contributed by atoms with Gasteiger partial charge in [0.1, 0.15) is 16.8 Å². The lowest BCUT2D eigenvalue weighted by atomic mass is 10.1. The van der Waals surface area contributed by atoms with E-state index in [0.29, 0.717) is 10.4 Å². The molecule has 1 saturated heterocycles. The molecule has 4 aromatic rings. The molecule has 1 aliphatic heterocycles. The van der Waals surface area contributed by atoms with Gasteiger partial charge in [-0.3, -0.25) is 4.90 Å². The summed E-state index contributed by atoms with van der Waals surface area (Å²) in [4.78, 5) is 6.46. The Bertz CT molecular complexity index is 1290. The van der Waals surface area contributed by atoms with E-state index < -0.39 is 0 Å². The lowest BCUT2D eigenvalue weighted by Crippen LogP contribution is -2.43. The van der Waals surface area contributed by atoms with Crippen LogP contribution in [0.3, 0.4) is 0 Å². The number of hydrogen-bond donors (Lipinski definition) is 0. The summed E-state index contributed by atoms with van der Waals surface area (Å²) in [6, 6.07) is 20.9. The maximum atomic E-state index is 14.9. The molecule has 0 spiro atoms. The van der Waals surface area contributed by atoms with Gasteiger partial charge in [-0.1, -0.05) is 24.3 Å². The Hall–Kier alpha value is -3.31. The maximum Gasteiger partial charge on any atom is 0.132 e. The highest BCUT2D eigenvalue weighted by molar-refractivity contribution is 7.16. The van der Waals surface area contributed by atoms with Crippen molar-refractivity contribution in [1.29, 1.82) is 5.26 Å². The monoisotopic (exact) mass is 457 g/mol. The summed E-state index contributed by atoms with van der Waals surface area (Å²) in [7, 11) is 2.14. The molecule has 0 aliphatic carbocycles. The Morgan fingerprint density at radius 1 is 1.00 bits per heavy atom. The molecule has 2 aromatic heterocycles. The van der Waals surface area contributed by atoms with Gasteiger partial charge in [0.15, 0.2) is 0 Å². The third kappa shape index (κ3) is 4.46. The predicted molar refractivity (Wildman–Crippen MR) is 130 cm³/mol. The zero-order valence-electron chi connectivity index (χ0n) is 18.4. The standard InChI is InChI=1S/C26H24FN5S/c1-30-12-14-31(15-13-30)18-20-17-29-32(26(20)23-4-2-3-5-24(23)27)21-8-6-19(7-9-21)25-11-10-22(16-28)33-25/h2-11,17H,12-15,18H2,1H3. The van der Waals surface area contributed by atoms with Crippen LogP contribution >= 0.6 is 11.3 Å². The van der Waals surface area contributed by atoms with E-state index in [4.69, 9.17) is 5.26 Å². The van der Waals surface area contributed by atoms with Gasteiger partial charge in [0.25, 0.3) is 0 Å². The van der Waals surface area contributed by atoms with Crippen molar-refractivity contribution in [2.75, 3.05) is 33.2 Å². The molecule has 0 bridgehead atoms. The normalized spacial score (nSPS) is 14.9. The van der Waals surface area contributed by atoms with Crippen molar-refractivity contribution < 1.29 is 4.39 Å². The van der Waals surface area contributed by atoms with Crippen LogP contribution in [-0.4, -0.2) is 52.8 Å². The van der Waals surface area contributed by atoms with E-state index in [1.54, 1.807) is 6.07 Å². The van der Waals surface area contributed by atoms with Gasteiger partial charge >= 0.3 is 0 Å². The van der Waals surface area contributed by atoms with Crippen molar-refractivity contribution in [3.05, 3.63) is 83.1 Å². The molecule has 0 saturated carbocycles. The SMILES string of the molecule is CN1CCN(Cc2cnn(-c3ccc(-c4ccc(C#N)s4)cc3)c2-c2ccccc2F)CC1. The number of nitriles is 1. The molecule has 2 aromatic carbocycles. The maximum absolute atomic E-state index is 14.9. The summed E-state index contributed by atoms with van der Waals surface area (Å²) in [5, 5.41) is 13.8. The number of thiophene rings is 1. The number of piperazine rings is 1. The smallest absolute Gasteiger partial charge is 0.132 e. The molecule has 33 heavy (non-hydrogen) atoms. The van der Waals surface area contributed by atoms with Gasteiger partial charge in [-0.05, 0) is 49.0 Å². The minimum atomic E-state index is -0.252. The van der Waals surface area contributed by atoms with Gasteiger partial charge in [0.05, 0.1) is 17.6 Å². The third-order valence-electron chi connectivity index (χ3n) is 6.08. The second kappa shape index (κ2) is 9.28. The first kappa shape index (κ1) is 21.5. The molecule has 0 atom stereocenters. The van der Waals surface area contributed by atoms with E-state index in [0.717, 1.165) is 60.1 Å². The Morgan fingerprint density at radius 2 is 1.76 bits per heavy atom. The molecular formula is C26H24FN5S. The van der Waals surface area contributed by atoms with Gasteiger partial charge in [-0.2, -0.15) is 10.4 Å². The molecule has 0 unspecified atom stereocenters. The zero-order valence-corrected chi connectivity index (χ0v) is 19.2. The summed E-state index contributed by atoms with van der Waals surface area (Å²) in [6.45, 7) is 4.76. The van der Waals surface area contributed by atoms with Crippen LogP contribution < -0.4 is 0 Å². The van der Waals surface area contributed by atoms with Gasteiger partial charge in [-0.25, -0.2) is 9.07 Å². The van der Waals surface area contributed by atoms with Crippen LogP contribution in [0.25, 0.3) is 27.4 Å². The van der Waals surface area contributed by atoms with Crippen LogP contribution in [0.2, 0.25) is 0 Å². The number of hydrogen-bond acceptors (Lipinski definition) is 5. The molecule has 0 N–H and O–H groups in total. The average Bonchev–Trinajstić information content (AvgIpc) is 3.48. The molecule has 0 radical (unpaired) electrons. The highest BCUT2D eigenvalue weighted by atomic mass is 32.1. The van der Waals surface area contributed by atoms with Crippen molar-refractivity contribution in [1.82, 2.24) is 19.6 Å². The Morgan fingerprint density at radius 3 is 2.45 bits per heavy atom. The van der Waals surface area contributed by atoms with E-state index in [-0.39, 0.29) is 5.82 Å². The van der Waals surface area contributed by atoms with Crippen molar-refractivity contribution in [2.24, 2.45) is 0 Å². The predicted octanol–water partition coefficient (Wildman–Crippen LogP) is 5.03. The molecule has 1 aliphatic rings. The average molecular weight is 458 g/mol. The van der Waals surface area contributed by atoms with Gasteiger partial charge in [0.2, 0.25) is 0 Å². The minimum absolute atomic E-state index is 0.252. The Kier molecular flexibility index (Phi) is 6.05. The summed E-state index contributed by atoms with van der Waals surface area (Å²) in [5.41, 5.74) is 4.29. The molecule has 166 valence electrons.